The number of hydrogen-bond acceptors (Lipinski definition) is 3. The quantitative estimate of drug-likeness (QED) is 0.449. The van der Waals surface area contributed by atoms with Crippen molar-refractivity contribution >= 4 is 41.8 Å². The number of imidazole rings is 1. The van der Waals surface area contributed by atoms with Crippen LogP contribution in [0.15, 0.2) is 17.3 Å². The van der Waals surface area contributed by atoms with Gasteiger partial charge in [-0.3, -0.25) is 9.12 Å². The van der Waals surface area contributed by atoms with Crippen molar-refractivity contribution in [2.45, 2.75) is 50.9 Å². The topological polar surface area (TPSA) is 64.3 Å². The summed E-state index contributed by atoms with van der Waals surface area (Å²) in [6, 6.07) is 4.70. The Bertz CT molecular complexity index is 728. The molecule has 0 spiro atoms. The van der Waals surface area contributed by atoms with Gasteiger partial charge >= 0.3 is 0 Å². The van der Waals surface area contributed by atoms with Gasteiger partial charge in [-0.25, -0.2) is 9.19 Å². The van der Waals surface area contributed by atoms with E-state index in [4.69, 9.17) is 16.3 Å². The lowest BCUT2D eigenvalue weighted by Crippen LogP contribution is -2.22. The van der Waals surface area contributed by atoms with Crippen LogP contribution in [0, 0.1) is 0 Å². The van der Waals surface area contributed by atoms with Gasteiger partial charge in [0.1, 0.15) is 6.73 Å². The van der Waals surface area contributed by atoms with Gasteiger partial charge in [-0.2, -0.15) is 0 Å². The highest BCUT2D eigenvalue weighted by Gasteiger charge is 2.18. The summed E-state index contributed by atoms with van der Waals surface area (Å²) in [5, 5.41) is 0.732. The predicted molar refractivity (Wildman–Crippen MR) is 97.3 cm³/mol. The van der Waals surface area contributed by atoms with Crippen molar-refractivity contribution in [1.82, 2.24) is 9.55 Å². The number of halogens is 1. The molecule has 23 heavy (non-hydrogen) atoms. The minimum atomic E-state index is -2.17. The number of aromatic nitrogens is 2. The molecular weight excluding hydrogens is 352 g/mol. The second-order valence-corrected chi connectivity index (χ2v) is 13.6. The minimum Gasteiger partial charge on any atom is -0.361 e. The van der Waals surface area contributed by atoms with Gasteiger partial charge in [-0.15, -0.1) is 0 Å². The lowest BCUT2D eigenvalue weighted by Gasteiger charge is -2.16. The summed E-state index contributed by atoms with van der Waals surface area (Å²) in [6.07, 6.45) is 0.784. The van der Waals surface area contributed by atoms with Crippen LogP contribution in [-0.2, 0) is 29.0 Å². The summed E-state index contributed by atoms with van der Waals surface area (Å²) >= 11 is 4.10. The van der Waals surface area contributed by atoms with Crippen molar-refractivity contribution in [1.29, 1.82) is 0 Å². The molecule has 0 aliphatic rings. The molecule has 128 valence electrons. The summed E-state index contributed by atoms with van der Waals surface area (Å²) in [7, 11) is -1.17. The molecule has 1 atom stereocenters. The highest BCUT2D eigenvalue weighted by Crippen LogP contribution is 2.26. The Labute approximate surface area is 145 Å². The summed E-state index contributed by atoms with van der Waals surface area (Å²) in [5.41, 5.74) is 2.36. The first-order valence-electron chi connectivity index (χ1n) is 7.60. The van der Waals surface area contributed by atoms with Gasteiger partial charge in [0.2, 0.25) is 16.2 Å². The molecule has 0 fully saturated rings. The lowest BCUT2D eigenvalue weighted by molar-refractivity contribution is 0.0837. The summed E-state index contributed by atoms with van der Waals surface area (Å²) in [5.74, 6) is 0. The van der Waals surface area contributed by atoms with Gasteiger partial charge in [0.15, 0.2) is 0 Å². The maximum atomic E-state index is 11.6. The van der Waals surface area contributed by atoms with Crippen molar-refractivity contribution in [2.24, 2.45) is 0 Å². The number of nitrogens with zero attached hydrogens (tertiary/aromatic N) is 2. The van der Waals surface area contributed by atoms with Crippen molar-refractivity contribution < 1.29 is 13.5 Å². The first-order valence-corrected chi connectivity index (χ1v) is 12.8. The van der Waals surface area contributed by atoms with E-state index in [1.807, 2.05) is 13.0 Å². The zero-order chi connectivity index (χ0) is 17.2. The average molecular weight is 375 g/mol. The third-order valence-electron chi connectivity index (χ3n) is 3.64. The normalized spacial score (nSPS) is 13.7. The van der Waals surface area contributed by atoms with Gasteiger partial charge in [0.05, 0.1) is 11.0 Å². The molecule has 0 saturated carbocycles. The van der Waals surface area contributed by atoms with E-state index >= 15 is 0 Å². The van der Waals surface area contributed by atoms with Gasteiger partial charge < -0.3 is 4.74 Å². The standard InChI is InChI=1S/C15H23ClN2O3SSi/c1-5-11-8-13-14(9-12(11)16)18(15(17-13)22(19)20)10-21-6-7-23(2,3)4/h8-9H,5-7,10H2,1-4H3,(H,19,20). The molecule has 8 heteroatoms. The van der Waals surface area contributed by atoms with Crippen molar-refractivity contribution in [3.63, 3.8) is 0 Å². The van der Waals surface area contributed by atoms with E-state index in [-0.39, 0.29) is 11.9 Å². The highest BCUT2D eigenvalue weighted by atomic mass is 35.5. The lowest BCUT2D eigenvalue weighted by atomic mass is 10.1. The van der Waals surface area contributed by atoms with Crippen LogP contribution in [0.3, 0.4) is 0 Å². The third-order valence-corrected chi connectivity index (χ3v) is 6.32. The molecule has 0 bridgehead atoms. The van der Waals surface area contributed by atoms with Crippen LogP contribution in [0.4, 0.5) is 0 Å². The summed E-state index contributed by atoms with van der Waals surface area (Å²) in [4.78, 5) is 4.27. The molecule has 1 aromatic carbocycles. The Morgan fingerprint density at radius 3 is 2.65 bits per heavy atom. The van der Waals surface area contributed by atoms with Crippen LogP contribution in [0.25, 0.3) is 11.0 Å². The second-order valence-electron chi connectivity index (χ2n) is 6.71. The van der Waals surface area contributed by atoms with Crippen LogP contribution in [0.1, 0.15) is 12.5 Å². The first kappa shape index (κ1) is 18.6. The molecule has 2 rings (SSSR count). The number of benzene rings is 1. The fourth-order valence-electron chi connectivity index (χ4n) is 2.23. The second kappa shape index (κ2) is 7.44. The molecule has 1 aromatic heterocycles. The zero-order valence-corrected chi connectivity index (χ0v) is 16.5. The van der Waals surface area contributed by atoms with E-state index < -0.39 is 19.2 Å². The number of ether oxygens (including phenoxy) is 1. The first-order chi connectivity index (χ1) is 10.7. The zero-order valence-electron chi connectivity index (χ0n) is 13.9. The van der Waals surface area contributed by atoms with Crippen LogP contribution in [0.2, 0.25) is 30.7 Å². The van der Waals surface area contributed by atoms with E-state index in [1.54, 1.807) is 10.6 Å². The molecule has 0 aliphatic carbocycles. The van der Waals surface area contributed by atoms with Crippen molar-refractivity contribution in [3.05, 3.63) is 22.7 Å². The van der Waals surface area contributed by atoms with Crippen LogP contribution < -0.4 is 0 Å². The molecule has 0 amide bonds. The summed E-state index contributed by atoms with van der Waals surface area (Å²) < 4.78 is 28.4. The molecule has 1 heterocycles. The smallest absolute Gasteiger partial charge is 0.230 e. The largest absolute Gasteiger partial charge is 0.361 e. The fourth-order valence-corrected chi connectivity index (χ4v) is 3.79. The maximum Gasteiger partial charge on any atom is 0.230 e. The molecule has 0 radical (unpaired) electrons. The van der Waals surface area contributed by atoms with E-state index in [0.717, 1.165) is 23.5 Å². The number of fused-ring (bicyclic) bond motifs is 1. The number of aryl methyl sites for hydroxylation is 1. The molecule has 5 nitrogen and oxygen atoms in total. The molecule has 1 N–H and O–H groups in total. The number of rotatable bonds is 7. The van der Waals surface area contributed by atoms with E-state index in [2.05, 4.69) is 24.6 Å². The Balaban J connectivity index is 2.30. The van der Waals surface area contributed by atoms with E-state index in [0.29, 0.717) is 17.1 Å². The molecule has 1 unspecified atom stereocenters. The SMILES string of the molecule is CCc1cc2nc(S(=O)O)n(COCC[Si](C)(C)C)c2cc1Cl. The van der Waals surface area contributed by atoms with Crippen molar-refractivity contribution in [3.8, 4) is 0 Å². The summed E-state index contributed by atoms with van der Waals surface area (Å²) in [6.45, 7) is 9.68. The van der Waals surface area contributed by atoms with Crippen LogP contribution in [0.5, 0.6) is 0 Å². The van der Waals surface area contributed by atoms with Crippen LogP contribution in [-0.4, -0.2) is 33.0 Å². The number of hydrogen-bond donors (Lipinski definition) is 1. The van der Waals surface area contributed by atoms with E-state index in [9.17, 15) is 8.76 Å². The highest BCUT2D eigenvalue weighted by molar-refractivity contribution is 7.79. The van der Waals surface area contributed by atoms with Crippen molar-refractivity contribution in [2.75, 3.05) is 6.61 Å². The van der Waals surface area contributed by atoms with E-state index in [1.165, 1.54) is 0 Å². The Morgan fingerprint density at radius 2 is 2.09 bits per heavy atom. The molecule has 0 saturated heterocycles. The monoisotopic (exact) mass is 374 g/mol. The predicted octanol–water partition coefficient (Wildman–Crippen LogP) is 4.15. The van der Waals surface area contributed by atoms with Gasteiger partial charge in [-0.1, -0.05) is 38.2 Å². The Hall–Kier alpha value is -0.733. The maximum absolute atomic E-state index is 11.6. The average Bonchev–Trinajstić information content (AvgIpc) is 2.79. The molecule has 2 aromatic rings. The minimum absolute atomic E-state index is 0.0947. The van der Waals surface area contributed by atoms with Crippen LogP contribution >= 0.6 is 11.6 Å². The fraction of sp³-hybridized carbons (Fsp3) is 0.533. The third kappa shape index (κ3) is 4.64. The Morgan fingerprint density at radius 1 is 1.39 bits per heavy atom. The van der Waals surface area contributed by atoms with Gasteiger partial charge in [0.25, 0.3) is 0 Å². The Kier molecular flexibility index (Phi) is 6.02. The van der Waals surface area contributed by atoms with Gasteiger partial charge in [-0.05, 0) is 30.2 Å². The molecule has 0 aliphatic heterocycles. The molecular formula is C15H23ClN2O3SSi. The van der Waals surface area contributed by atoms with Gasteiger partial charge in [0, 0.05) is 19.7 Å².